The lowest BCUT2D eigenvalue weighted by Crippen LogP contribution is -2.40. The van der Waals surface area contributed by atoms with Crippen molar-refractivity contribution in [3.63, 3.8) is 0 Å². The van der Waals surface area contributed by atoms with Gasteiger partial charge in [-0.2, -0.15) is 0 Å². The van der Waals surface area contributed by atoms with Crippen LogP contribution in [0.2, 0.25) is 0 Å². The van der Waals surface area contributed by atoms with Crippen LogP contribution in [0.15, 0.2) is 0 Å². The van der Waals surface area contributed by atoms with Gasteiger partial charge in [-0.1, -0.05) is 0 Å². The van der Waals surface area contributed by atoms with Gasteiger partial charge in [0.2, 0.25) is 0 Å². The summed E-state index contributed by atoms with van der Waals surface area (Å²) in [6.07, 6.45) is 5.60. The lowest BCUT2D eigenvalue weighted by atomic mass is 9.94. The largest absolute Gasteiger partial charge is 0.465 e. The summed E-state index contributed by atoms with van der Waals surface area (Å²) < 4.78 is 0. The van der Waals surface area contributed by atoms with Gasteiger partial charge in [-0.3, -0.25) is 0 Å². The molecule has 1 fully saturated rings. The van der Waals surface area contributed by atoms with E-state index >= 15 is 0 Å². The second kappa shape index (κ2) is 4.33. The first-order valence-corrected chi connectivity index (χ1v) is 4.57. The average Bonchev–Trinajstić information content (AvgIpc) is 2.07. The number of carboxylic acid groups (broad SMARTS) is 1. The molecule has 0 saturated heterocycles. The summed E-state index contributed by atoms with van der Waals surface area (Å²) in [7, 11) is 0. The Balaban J connectivity index is 2.46. The Morgan fingerprint density at radius 1 is 1.58 bits per heavy atom. The van der Waals surface area contributed by atoms with Gasteiger partial charge >= 0.3 is 6.09 Å². The van der Waals surface area contributed by atoms with Gasteiger partial charge < -0.3 is 10.0 Å². The highest BCUT2D eigenvalue weighted by molar-refractivity contribution is 5.65. The second-order valence-corrected chi connectivity index (χ2v) is 3.17. The standard InChI is InChI=1S/C9H16NO2/c1-2-10(9(11)12)8-6-4-3-5-7-8/h3,8H,2,4-7H2,1H3,(H,11,12). The first kappa shape index (κ1) is 9.36. The number of amides is 1. The van der Waals surface area contributed by atoms with E-state index in [1.807, 2.05) is 6.92 Å². The van der Waals surface area contributed by atoms with Crippen LogP contribution in [0.4, 0.5) is 4.79 Å². The molecule has 69 valence electrons. The van der Waals surface area contributed by atoms with Gasteiger partial charge in [-0.05, 0) is 39.0 Å². The molecule has 1 radical (unpaired) electrons. The minimum absolute atomic E-state index is 0.262. The first-order chi connectivity index (χ1) is 5.75. The third-order valence-electron chi connectivity index (χ3n) is 2.44. The molecule has 3 nitrogen and oxygen atoms in total. The van der Waals surface area contributed by atoms with Crippen molar-refractivity contribution in [3.8, 4) is 0 Å². The van der Waals surface area contributed by atoms with Crippen molar-refractivity contribution >= 4 is 6.09 Å². The molecule has 0 aromatic rings. The van der Waals surface area contributed by atoms with Gasteiger partial charge in [0.15, 0.2) is 0 Å². The van der Waals surface area contributed by atoms with Crippen LogP contribution in [0.3, 0.4) is 0 Å². The fourth-order valence-corrected chi connectivity index (χ4v) is 1.77. The van der Waals surface area contributed by atoms with E-state index in [9.17, 15) is 4.79 Å². The molecule has 1 N–H and O–H groups in total. The predicted octanol–water partition coefficient (Wildman–Crippen LogP) is 2.13. The van der Waals surface area contributed by atoms with Crippen LogP contribution in [0.1, 0.15) is 32.6 Å². The molecule has 0 aromatic heterocycles. The van der Waals surface area contributed by atoms with Crippen LogP contribution in [0, 0.1) is 6.42 Å². The van der Waals surface area contributed by atoms with Crippen molar-refractivity contribution in [2.24, 2.45) is 0 Å². The average molecular weight is 170 g/mol. The Hall–Kier alpha value is -0.730. The van der Waals surface area contributed by atoms with Crippen LogP contribution in [0.25, 0.3) is 0 Å². The SMILES string of the molecule is CCN(C(=O)O)C1CC[CH]CC1. The number of hydrogen-bond donors (Lipinski definition) is 1. The van der Waals surface area contributed by atoms with E-state index in [-0.39, 0.29) is 6.04 Å². The van der Waals surface area contributed by atoms with E-state index in [0.29, 0.717) is 6.54 Å². The number of rotatable bonds is 2. The molecule has 0 atom stereocenters. The molecule has 1 aliphatic rings. The fraction of sp³-hybridized carbons (Fsp3) is 0.778. The highest BCUT2D eigenvalue weighted by atomic mass is 16.4. The van der Waals surface area contributed by atoms with Crippen LogP contribution in [-0.4, -0.2) is 28.7 Å². The molecule has 0 heterocycles. The van der Waals surface area contributed by atoms with Crippen molar-refractivity contribution in [2.45, 2.75) is 38.6 Å². The monoisotopic (exact) mass is 170 g/mol. The molecule has 1 saturated carbocycles. The molecule has 1 rings (SSSR count). The molecular weight excluding hydrogens is 154 g/mol. The molecule has 1 aliphatic carbocycles. The number of hydrogen-bond acceptors (Lipinski definition) is 1. The first-order valence-electron chi connectivity index (χ1n) is 4.57. The number of carbonyl (C=O) groups is 1. The molecule has 0 aromatic carbocycles. The topological polar surface area (TPSA) is 40.5 Å². The van der Waals surface area contributed by atoms with Crippen molar-refractivity contribution < 1.29 is 9.90 Å². The van der Waals surface area contributed by atoms with Gasteiger partial charge in [0.25, 0.3) is 0 Å². The Labute approximate surface area is 73.4 Å². The Bertz CT molecular complexity index is 153. The molecular formula is C9H16NO2. The summed E-state index contributed by atoms with van der Waals surface area (Å²) in [6, 6.07) is 0.262. The minimum atomic E-state index is -0.774. The van der Waals surface area contributed by atoms with E-state index < -0.39 is 6.09 Å². The maximum Gasteiger partial charge on any atom is 0.407 e. The van der Waals surface area contributed by atoms with E-state index in [2.05, 4.69) is 6.42 Å². The summed E-state index contributed by atoms with van der Waals surface area (Å²) >= 11 is 0. The second-order valence-electron chi connectivity index (χ2n) is 3.17. The van der Waals surface area contributed by atoms with Gasteiger partial charge in [-0.15, -0.1) is 0 Å². The Kier molecular flexibility index (Phi) is 3.38. The van der Waals surface area contributed by atoms with Crippen LogP contribution >= 0.6 is 0 Å². The normalized spacial score (nSPS) is 19.1. The van der Waals surface area contributed by atoms with E-state index in [0.717, 1.165) is 25.7 Å². The van der Waals surface area contributed by atoms with Crippen LogP contribution in [-0.2, 0) is 0 Å². The minimum Gasteiger partial charge on any atom is -0.465 e. The molecule has 1 amide bonds. The van der Waals surface area contributed by atoms with E-state index in [1.54, 1.807) is 4.90 Å². The Morgan fingerprint density at radius 3 is 2.58 bits per heavy atom. The lowest BCUT2D eigenvalue weighted by Gasteiger charge is -2.31. The van der Waals surface area contributed by atoms with Crippen molar-refractivity contribution in [3.05, 3.63) is 6.42 Å². The van der Waals surface area contributed by atoms with E-state index in [4.69, 9.17) is 5.11 Å². The summed E-state index contributed by atoms with van der Waals surface area (Å²) in [5.74, 6) is 0. The maximum absolute atomic E-state index is 10.7. The van der Waals surface area contributed by atoms with Crippen molar-refractivity contribution in [2.75, 3.05) is 6.54 Å². The quantitative estimate of drug-likeness (QED) is 0.689. The fourth-order valence-electron chi connectivity index (χ4n) is 1.77. The zero-order valence-corrected chi connectivity index (χ0v) is 7.49. The number of nitrogens with zero attached hydrogens (tertiary/aromatic N) is 1. The molecule has 3 heteroatoms. The summed E-state index contributed by atoms with van der Waals surface area (Å²) in [4.78, 5) is 12.3. The summed E-state index contributed by atoms with van der Waals surface area (Å²) in [6.45, 7) is 2.51. The molecule has 0 bridgehead atoms. The zero-order chi connectivity index (χ0) is 8.97. The highest BCUT2D eigenvalue weighted by Gasteiger charge is 2.23. The third kappa shape index (κ3) is 2.13. The smallest absolute Gasteiger partial charge is 0.407 e. The molecule has 0 unspecified atom stereocenters. The predicted molar refractivity (Wildman–Crippen MR) is 47.0 cm³/mol. The molecule has 12 heavy (non-hydrogen) atoms. The van der Waals surface area contributed by atoms with Gasteiger partial charge in [-0.25, -0.2) is 4.79 Å². The molecule has 0 aliphatic heterocycles. The van der Waals surface area contributed by atoms with E-state index in [1.165, 1.54) is 0 Å². The zero-order valence-electron chi connectivity index (χ0n) is 7.49. The Morgan fingerprint density at radius 2 is 2.17 bits per heavy atom. The van der Waals surface area contributed by atoms with Crippen LogP contribution in [0.5, 0.6) is 0 Å². The summed E-state index contributed by atoms with van der Waals surface area (Å²) in [5, 5.41) is 8.84. The van der Waals surface area contributed by atoms with Gasteiger partial charge in [0.05, 0.1) is 0 Å². The third-order valence-corrected chi connectivity index (χ3v) is 2.44. The van der Waals surface area contributed by atoms with Crippen molar-refractivity contribution in [1.29, 1.82) is 0 Å². The van der Waals surface area contributed by atoms with Gasteiger partial charge in [0, 0.05) is 12.6 Å². The molecule has 0 spiro atoms. The van der Waals surface area contributed by atoms with Crippen LogP contribution < -0.4 is 0 Å². The van der Waals surface area contributed by atoms with Gasteiger partial charge in [0.1, 0.15) is 0 Å². The highest BCUT2D eigenvalue weighted by Crippen LogP contribution is 2.21. The lowest BCUT2D eigenvalue weighted by molar-refractivity contribution is 0.118. The maximum atomic E-state index is 10.7. The summed E-state index contributed by atoms with van der Waals surface area (Å²) in [5.41, 5.74) is 0. The van der Waals surface area contributed by atoms with Crippen molar-refractivity contribution in [1.82, 2.24) is 4.90 Å².